The van der Waals surface area contributed by atoms with Crippen molar-refractivity contribution in [2.45, 2.75) is 16.5 Å². The number of nitrogens with one attached hydrogen (secondary N) is 1. The van der Waals surface area contributed by atoms with Gasteiger partial charge in [-0.15, -0.1) is 0 Å². The van der Waals surface area contributed by atoms with Crippen LogP contribution in [-0.4, -0.2) is 19.9 Å². The van der Waals surface area contributed by atoms with E-state index >= 15 is 0 Å². The molecule has 0 bridgehead atoms. The molecule has 5 nitrogen and oxygen atoms in total. The van der Waals surface area contributed by atoms with Crippen LogP contribution in [0.5, 0.6) is 0 Å². The van der Waals surface area contributed by atoms with Crippen LogP contribution in [0.1, 0.15) is 5.56 Å². The lowest BCUT2D eigenvalue weighted by Gasteiger charge is -2.07. The van der Waals surface area contributed by atoms with E-state index in [1.165, 1.54) is 6.33 Å². The summed E-state index contributed by atoms with van der Waals surface area (Å²) in [7, 11) is 0. The molecule has 2 heterocycles. The van der Waals surface area contributed by atoms with Crippen molar-refractivity contribution in [2.75, 3.05) is 0 Å². The molecule has 0 saturated carbocycles. The first-order valence-corrected chi connectivity index (χ1v) is 7.19. The SMILES string of the molecule is NCc1ccc(Br)cc1Sc1ncnc2nc[nH]c12. The molecular weight excluding hydrogens is 326 g/mol. The van der Waals surface area contributed by atoms with Gasteiger partial charge >= 0.3 is 0 Å². The van der Waals surface area contributed by atoms with Gasteiger partial charge < -0.3 is 10.7 Å². The van der Waals surface area contributed by atoms with E-state index in [0.29, 0.717) is 12.2 Å². The summed E-state index contributed by atoms with van der Waals surface area (Å²) in [5, 5.41) is 0.843. The van der Waals surface area contributed by atoms with Crippen LogP contribution in [0.3, 0.4) is 0 Å². The average Bonchev–Trinajstić information content (AvgIpc) is 2.88. The Balaban J connectivity index is 2.05. The summed E-state index contributed by atoms with van der Waals surface area (Å²) < 4.78 is 1.02. The molecule has 3 N–H and O–H groups in total. The van der Waals surface area contributed by atoms with Gasteiger partial charge in [0, 0.05) is 15.9 Å². The molecule has 0 aliphatic heterocycles. The molecule has 19 heavy (non-hydrogen) atoms. The predicted molar refractivity (Wildman–Crippen MR) is 77.8 cm³/mol. The average molecular weight is 336 g/mol. The van der Waals surface area contributed by atoms with Crippen molar-refractivity contribution in [3.63, 3.8) is 0 Å². The number of halogens is 1. The summed E-state index contributed by atoms with van der Waals surface area (Å²) in [6.45, 7) is 0.493. The Hall–Kier alpha value is -1.44. The minimum atomic E-state index is 0.493. The summed E-state index contributed by atoms with van der Waals surface area (Å²) in [5.41, 5.74) is 8.36. The van der Waals surface area contributed by atoms with Gasteiger partial charge in [0.15, 0.2) is 5.65 Å². The Morgan fingerprint density at radius 3 is 3.00 bits per heavy atom. The lowest BCUT2D eigenvalue weighted by molar-refractivity contribution is 1.02. The summed E-state index contributed by atoms with van der Waals surface area (Å²) in [4.78, 5) is 16.7. The Bertz CT molecular complexity index is 727. The van der Waals surface area contributed by atoms with Crippen molar-refractivity contribution in [3.8, 4) is 0 Å². The third-order valence-electron chi connectivity index (χ3n) is 2.64. The highest BCUT2D eigenvalue weighted by molar-refractivity contribution is 9.10. The van der Waals surface area contributed by atoms with Gasteiger partial charge in [-0.2, -0.15) is 0 Å². The zero-order chi connectivity index (χ0) is 13.2. The number of fused-ring (bicyclic) bond motifs is 1. The quantitative estimate of drug-likeness (QED) is 0.719. The molecule has 7 heteroatoms. The van der Waals surface area contributed by atoms with Crippen molar-refractivity contribution in [2.24, 2.45) is 5.73 Å². The van der Waals surface area contributed by atoms with E-state index in [4.69, 9.17) is 5.73 Å². The normalized spacial score (nSPS) is 11.1. The van der Waals surface area contributed by atoms with Gasteiger partial charge in [-0.25, -0.2) is 15.0 Å². The van der Waals surface area contributed by atoms with Crippen LogP contribution in [0.15, 0.2) is 45.2 Å². The van der Waals surface area contributed by atoms with Crippen LogP contribution in [0.4, 0.5) is 0 Å². The third kappa shape index (κ3) is 2.49. The maximum absolute atomic E-state index is 5.77. The fourth-order valence-electron chi connectivity index (χ4n) is 1.72. The molecule has 96 valence electrons. The topological polar surface area (TPSA) is 80.5 Å². The third-order valence-corrected chi connectivity index (χ3v) is 4.24. The van der Waals surface area contributed by atoms with E-state index in [9.17, 15) is 0 Å². The van der Waals surface area contributed by atoms with Crippen LogP contribution in [0.2, 0.25) is 0 Å². The van der Waals surface area contributed by atoms with Gasteiger partial charge in [0.25, 0.3) is 0 Å². The van der Waals surface area contributed by atoms with Gasteiger partial charge in [0.1, 0.15) is 16.9 Å². The van der Waals surface area contributed by atoms with Crippen LogP contribution in [0.25, 0.3) is 11.2 Å². The zero-order valence-electron chi connectivity index (χ0n) is 9.80. The number of benzene rings is 1. The molecule has 0 radical (unpaired) electrons. The smallest absolute Gasteiger partial charge is 0.181 e. The molecule has 0 aliphatic carbocycles. The first kappa shape index (κ1) is 12.6. The van der Waals surface area contributed by atoms with E-state index in [2.05, 4.69) is 35.9 Å². The second-order valence-corrected chi connectivity index (χ2v) is 5.78. The number of rotatable bonds is 3. The first-order valence-electron chi connectivity index (χ1n) is 5.58. The first-order chi connectivity index (χ1) is 9.28. The van der Waals surface area contributed by atoms with Crippen molar-refractivity contribution >= 4 is 38.9 Å². The largest absolute Gasteiger partial charge is 0.341 e. The number of aromatic nitrogens is 4. The van der Waals surface area contributed by atoms with E-state index in [1.807, 2.05) is 18.2 Å². The molecule has 0 atom stereocenters. The second kappa shape index (κ2) is 5.28. The van der Waals surface area contributed by atoms with E-state index < -0.39 is 0 Å². The van der Waals surface area contributed by atoms with Gasteiger partial charge in [-0.05, 0) is 17.7 Å². The van der Waals surface area contributed by atoms with E-state index in [1.54, 1.807) is 18.1 Å². The van der Waals surface area contributed by atoms with Crippen LogP contribution < -0.4 is 5.73 Å². The molecule has 0 saturated heterocycles. The minimum absolute atomic E-state index is 0.493. The maximum Gasteiger partial charge on any atom is 0.181 e. The van der Waals surface area contributed by atoms with Crippen molar-refractivity contribution in [1.82, 2.24) is 19.9 Å². The fourth-order valence-corrected chi connectivity index (χ4v) is 3.26. The highest BCUT2D eigenvalue weighted by Crippen LogP contribution is 2.33. The Morgan fingerprint density at radius 1 is 1.26 bits per heavy atom. The minimum Gasteiger partial charge on any atom is -0.341 e. The number of nitrogens with two attached hydrogens (primary N) is 1. The number of aromatic amines is 1. The van der Waals surface area contributed by atoms with Gasteiger partial charge in [0.2, 0.25) is 0 Å². The molecule has 0 unspecified atom stereocenters. The second-order valence-electron chi connectivity index (χ2n) is 3.84. The maximum atomic E-state index is 5.77. The summed E-state index contributed by atoms with van der Waals surface area (Å²) in [6, 6.07) is 6.03. The molecule has 0 fully saturated rings. The predicted octanol–water partition coefficient (Wildman–Crippen LogP) is 2.73. The van der Waals surface area contributed by atoms with Crippen LogP contribution in [0, 0.1) is 0 Å². The number of nitrogens with zero attached hydrogens (tertiary/aromatic N) is 3. The standard InChI is InChI=1S/C12H10BrN5S/c13-8-2-1-7(4-14)9(3-8)19-12-10-11(16-5-15-10)17-6-18-12/h1-3,5-6H,4,14H2,(H,15,16,17,18). The Labute approximate surface area is 122 Å². The molecule has 3 rings (SSSR count). The van der Waals surface area contributed by atoms with Crippen molar-refractivity contribution in [1.29, 1.82) is 0 Å². The molecule has 0 spiro atoms. The Kier molecular flexibility index (Phi) is 3.50. The zero-order valence-corrected chi connectivity index (χ0v) is 12.2. The fraction of sp³-hybridized carbons (Fsp3) is 0.0833. The summed E-state index contributed by atoms with van der Waals surface area (Å²) in [6.07, 6.45) is 3.14. The molecule has 0 amide bonds. The lowest BCUT2D eigenvalue weighted by Crippen LogP contribution is -1.98. The highest BCUT2D eigenvalue weighted by Gasteiger charge is 2.10. The summed E-state index contributed by atoms with van der Waals surface area (Å²) >= 11 is 5.03. The van der Waals surface area contributed by atoms with E-state index in [0.717, 1.165) is 25.5 Å². The van der Waals surface area contributed by atoms with Crippen LogP contribution in [-0.2, 0) is 6.54 Å². The molecule has 3 aromatic rings. The molecule has 0 aliphatic rings. The number of hydrogen-bond donors (Lipinski definition) is 2. The molecule has 1 aromatic carbocycles. The number of H-pyrrole nitrogens is 1. The van der Waals surface area contributed by atoms with Crippen LogP contribution >= 0.6 is 27.7 Å². The number of imidazole rings is 1. The van der Waals surface area contributed by atoms with Crippen molar-refractivity contribution < 1.29 is 0 Å². The van der Waals surface area contributed by atoms with Gasteiger partial charge in [0.05, 0.1) is 6.33 Å². The molecule has 2 aromatic heterocycles. The monoisotopic (exact) mass is 335 g/mol. The lowest BCUT2D eigenvalue weighted by atomic mass is 10.2. The number of hydrogen-bond acceptors (Lipinski definition) is 5. The molecular formula is C12H10BrN5S. The van der Waals surface area contributed by atoms with Crippen molar-refractivity contribution in [3.05, 3.63) is 40.9 Å². The van der Waals surface area contributed by atoms with Gasteiger partial charge in [-0.3, -0.25) is 0 Å². The Morgan fingerprint density at radius 2 is 2.16 bits per heavy atom. The van der Waals surface area contributed by atoms with E-state index in [-0.39, 0.29) is 0 Å². The summed E-state index contributed by atoms with van der Waals surface area (Å²) in [5.74, 6) is 0. The highest BCUT2D eigenvalue weighted by atomic mass is 79.9. The van der Waals surface area contributed by atoms with Gasteiger partial charge in [-0.1, -0.05) is 33.8 Å².